The van der Waals surface area contributed by atoms with Crippen LogP contribution in [0.2, 0.25) is 5.02 Å². The normalized spacial score (nSPS) is 16.6. The maximum absolute atomic E-state index is 12.9. The van der Waals surface area contributed by atoms with Crippen molar-refractivity contribution in [2.75, 3.05) is 28.9 Å². The molecule has 1 atom stereocenters. The summed E-state index contributed by atoms with van der Waals surface area (Å²) in [7, 11) is -7.34. The van der Waals surface area contributed by atoms with Crippen molar-refractivity contribution in [3.05, 3.63) is 89.4 Å². The van der Waals surface area contributed by atoms with Gasteiger partial charge in [0.1, 0.15) is 0 Å². The zero-order chi connectivity index (χ0) is 27.2. The van der Waals surface area contributed by atoms with Crippen molar-refractivity contribution in [3.8, 4) is 0 Å². The lowest BCUT2D eigenvalue weighted by molar-refractivity contribution is -0.120. The van der Waals surface area contributed by atoms with Crippen molar-refractivity contribution in [2.24, 2.45) is 5.92 Å². The van der Waals surface area contributed by atoms with Crippen LogP contribution in [0.5, 0.6) is 0 Å². The number of carbonyl (C=O) groups is 1. The Bertz CT molecular complexity index is 1460. The topological polar surface area (TPSA) is 113 Å². The Morgan fingerprint density at radius 3 is 2.32 bits per heavy atom. The number of halogens is 1. The highest BCUT2D eigenvalue weighted by atomic mass is 35.5. The number of nitrogens with zero attached hydrogens (tertiary/aromatic N) is 1. The number of piperidine rings is 1. The van der Waals surface area contributed by atoms with Crippen molar-refractivity contribution < 1.29 is 21.6 Å². The van der Waals surface area contributed by atoms with Gasteiger partial charge in [0.25, 0.3) is 10.0 Å². The number of carbonyl (C=O) groups excluding carboxylic acids is 1. The minimum Gasteiger partial charge on any atom is -0.326 e. The molecule has 11 heteroatoms. The van der Waals surface area contributed by atoms with E-state index < -0.39 is 26.0 Å². The molecule has 202 valence electrons. The van der Waals surface area contributed by atoms with Crippen LogP contribution in [-0.2, 0) is 31.3 Å². The first-order valence-corrected chi connectivity index (χ1v) is 15.8. The van der Waals surface area contributed by atoms with E-state index >= 15 is 0 Å². The van der Waals surface area contributed by atoms with Gasteiger partial charge in [0.15, 0.2) is 0 Å². The van der Waals surface area contributed by atoms with E-state index in [4.69, 9.17) is 11.6 Å². The van der Waals surface area contributed by atoms with E-state index in [1.165, 1.54) is 28.6 Å². The Morgan fingerprint density at radius 1 is 0.921 bits per heavy atom. The number of hydrogen-bond donors (Lipinski definition) is 2. The second-order valence-corrected chi connectivity index (χ2v) is 13.4. The van der Waals surface area contributed by atoms with Crippen LogP contribution in [0.15, 0.2) is 83.8 Å². The third kappa shape index (κ3) is 7.35. The molecule has 1 aliphatic heterocycles. The van der Waals surface area contributed by atoms with Gasteiger partial charge in [-0.25, -0.2) is 21.1 Å². The Balaban J connectivity index is 1.32. The monoisotopic (exact) mass is 575 g/mol. The fourth-order valence-electron chi connectivity index (χ4n) is 4.35. The van der Waals surface area contributed by atoms with Crippen LogP contribution in [0.4, 0.5) is 11.4 Å². The smallest absolute Gasteiger partial charge is 0.261 e. The Hall–Kier alpha value is -2.92. The van der Waals surface area contributed by atoms with Crippen LogP contribution in [0.3, 0.4) is 0 Å². The largest absolute Gasteiger partial charge is 0.326 e. The molecule has 1 saturated heterocycles. The van der Waals surface area contributed by atoms with Crippen molar-refractivity contribution in [1.82, 2.24) is 4.31 Å². The predicted octanol–water partition coefficient (Wildman–Crippen LogP) is 4.75. The van der Waals surface area contributed by atoms with Gasteiger partial charge in [0.05, 0.1) is 27.3 Å². The number of aryl methyl sites for hydroxylation is 1. The Morgan fingerprint density at radius 2 is 1.61 bits per heavy atom. The van der Waals surface area contributed by atoms with Gasteiger partial charge in [-0.15, -0.1) is 0 Å². The molecule has 0 unspecified atom stereocenters. The lowest BCUT2D eigenvalue weighted by Gasteiger charge is -2.31. The second kappa shape index (κ2) is 12.3. The fourth-order valence-corrected chi connectivity index (χ4v) is 7.25. The average Bonchev–Trinajstić information content (AvgIpc) is 2.91. The molecule has 2 N–H and O–H groups in total. The molecule has 1 aliphatic rings. The summed E-state index contributed by atoms with van der Waals surface area (Å²) in [5.41, 5.74) is 1.79. The summed E-state index contributed by atoms with van der Waals surface area (Å²) in [4.78, 5) is 12.9. The first-order valence-electron chi connectivity index (χ1n) is 12.3. The number of amides is 1. The first-order chi connectivity index (χ1) is 18.1. The molecular weight excluding hydrogens is 546 g/mol. The molecule has 0 aromatic heterocycles. The quantitative estimate of drug-likeness (QED) is 0.362. The van der Waals surface area contributed by atoms with Gasteiger partial charge in [-0.05, 0) is 67.6 Å². The maximum Gasteiger partial charge on any atom is 0.261 e. The molecule has 1 amide bonds. The number of para-hydroxylation sites is 1. The van der Waals surface area contributed by atoms with E-state index in [-0.39, 0.29) is 33.8 Å². The average molecular weight is 576 g/mol. The number of sulfonamides is 2. The van der Waals surface area contributed by atoms with Crippen LogP contribution >= 0.6 is 11.6 Å². The standard InChI is InChI=1S/C27H30ClN3O5S2/c28-25-12-4-5-13-26(25)30-38(35,36)24-16-14-23(15-17-24)29-27(32)22-11-6-18-31(20-22)37(33,34)19-7-10-21-8-2-1-3-9-21/h1-5,8-9,12-17,22,30H,6-7,10-11,18-20H2,(H,29,32)/t22-/m0/s1. The lowest BCUT2D eigenvalue weighted by Crippen LogP contribution is -2.44. The predicted molar refractivity (Wildman–Crippen MR) is 150 cm³/mol. The molecule has 1 heterocycles. The third-order valence-electron chi connectivity index (χ3n) is 6.41. The van der Waals surface area contributed by atoms with E-state index in [0.717, 1.165) is 5.56 Å². The molecule has 8 nitrogen and oxygen atoms in total. The Kier molecular flexibility index (Phi) is 9.09. The first kappa shape index (κ1) is 28.1. The number of anilines is 2. The molecule has 1 fully saturated rings. The SMILES string of the molecule is O=C(Nc1ccc(S(=O)(=O)Nc2ccccc2Cl)cc1)[C@H]1CCCN(S(=O)(=O)CCCc2ccccc2)C1. The molecule has 0 bridgehead atoms. The number of nitrogens with one attached hydrogen (secondary N) is 2. The van der Waals surface area contributed by atoms with Crippen LogP contribution in [0.25, 0.3) is 0 Å². The highest BCUT2D eigenvalue weighted by Gasteiger charge is 2.32. The number of hydrogen-bond acceptors (Lipinski definition) is 5. The van der Waals surface area contributed by atoms with Crippen molar-refractivity contribution >= 4 is 48.9 Å². The molecule has 0 radical (unpaired) electrons. The summed E-state index contributed by atoms with van der Waals surface area (Å²) in [6.45, 7) is 0.538. The molecule has 3 aromatic carbocycles. The molecule has 0 aliphatic carbocycles. The molecule has 0 saturated carbocycles. The number of benzene rings is 3. The van der Waals surface area contributed by atoms with Crippen molar-refractivity contribution in [1.29, 1.82) is 0 Å². The van der Waals surface area contributed by atoms with Crippen LogP contribution < -0.4 is 10.0 Å². The van der Waals surface area contributed by atoms with E-state index in [0.29, 0.717) is 37.9 Å². The fraction of sp³-hybridized carbons (Fsp3) is 0.296. The zero-order valence-electron chi connectivity index (χ0n) is 20.7. The summed E-state index contributed by atoms with van der Waals surface area (Å²) >= 11 is 6.05. The van der Waals surface area contributed by atoms with Gasteiger partial charge in [-0.3, -0.25) is 9.52 Å². The van der Waals surface area contributed by atoms with Gasteiger partial charge in [0.2, 0.25) is 15.9 Å². The summed E-state index contributed by atoms with van der Waals surface area (Å²) in [6, 6.07) is 22.0. The van der Waals surface area contributed by atoms with E-state index in [1.54, 1.807) is 24.3 Å². The third-order valence-corrected chi connectivity index (χ3v) is 10.0. The molecule has 0 spiro atoms. The highest BCUT2D eigenvalue weighted by Crippen LogP contribution is 2.25. The maximum atomic E-state index is 12.9. The van der Waals surface area contributed by atoms with E-state index in [1.807, 2.05) is 30.3 Å². The molecule has 38 heavy (non-hydrogen) atoms. The highest BCUT2D eigenvalue weighted by molar-refractivity contribution is 7.92. The number of rotatable bonds is 10. The Labute approximate surface area is 229 Å². The molecular formula is C27H30ClN3O5S2. The van der Waals surface area contributed by atoms with E-state index in [2.05, 4.69) is 10.0 Å². The summed E-state index contributed by atoms with van der Waals surface area (Å²) in [5.74, 6) is -0.745. The van der Waals surface area contributed by atoms with Crippen LogP contribution in [-0.4, -0.2) is 45.9 Å². The van der Waals surface area contributed by atoms with Gasteiger partial charge in [0, 0.05) is 18.8 Å². The van der Waals surface area contributed by atoms with Crippen molar-refractivity contribution in [2.45, 2.75) is 30.6 Å². The van der Waals surface area contributed by atoms with Crippen molar-refractivity contribution in [3.63, 3.8) is 0 Å². The van der Waals surface area contributed by atoms with Gasteiger partial charge >= 0.3 is 0 Å². The van der Waals surface area contributed by atoms with Gasteiger partial charge < -0.3 is 5.32 Å². The van der Waals surface area contributed by atoms with Gasteiger partial charge in [-0.1, -0.05) is 54.1 Å². The minimum absolute atomic E-state index is 0.0147. The van der Waals surface area contributed by atoms with Crippen LogP contribution in [0, 0.1) is 5.92 Å². The minimum atomic E-state index is -3.87. The molecule has 4 rings (SSSR count). The zero-order valence-corrected chi connectivity index (χ0v) is 23.1. The lowest BCUT2D eigenvalue weighted by atomic mass is 9.99. The van der Waals surface area contributed by atoms with Gasteiger partial charge in [-0.2, -0.15) is 0 Å². The summed E-state index contributed by atoms with van der Waals surface area (Å²) in [5, 5.41) is 3.07. The summed E-state index contributed by atoms with van der Waals surface area (Å²) < 4.78 is 55.1. The second-order valence-electron chi connectivity index (χ2n) is 9.20. The van der Waals surface area contributed by atoms with E-state index in [9.17, 15) is 21.6 Å². The molecule has 3 aromatic rings. The van der Waals surface area contributed by atoms with Crippen LogP contribution in [0.1, 0.15) is 24.8 Å². The summed E-state index contributed by atoms with van der Waals surface area (Å²) in [6.07, 6.45) is 2.37.